The monoisotopic (exact) mass is 382 g/mol. The van der Waals surface area contributed by atoms with Crippen molar-refractivity contribution < 1.29 is 19.1 Å². The number of amides is 2. The van der Waals surface area contributed by atoms with Gasteiger partial charge < -0.3 is 9.47 Å². The van der Waals surface area contributed by atoms with Gasteiger partial charge in [0.2, 0.25) is 0 Å². The van der Waals surface area contributed by atoms with Gasteiger partial charge in [-0.15, -0.1) is 0 Å². The lowest BCUT2D eigenvalue weighted by Crippen LogP contribution is -2.51. The normalized spacial score (nSPS) is 16.1. The Morgan fingerprint density at radius 2 is 1.82 bits per heavy atom. The summed E-state index contributed by atoms with van der Waals surface area (Å²) in [5, 5.41) is 0. The lowest BCUT2D eigenvalue weighted by Gasteiger charge is -2.21. The maximum atomic E-state index is 12.5. The fraction of sp³-hybridized carbons (Fsp3) is 0.364. The zero-order chi connectivity index (χ0) is 20.1. The molecular weight excluding hydrogens is 356 g/mol. The number of hydrogen-bond acceptors (Lipinski definition) is 4. The summed E-state index contributed by atoms with van der Waals surface area (Å²) >= 11 is 0. The van der Waals surface area contributed by atoms with E-state index >= 15 is 0 Å². The summed E-state index contributed by atoms with van der Waals surface area (Å²) in [5.74, 6) is 0.874. The summed E-state index contributed by atoms with van der Waals surface area (Å²) in [6.45, 7) is 6.01. The van der Waals surface area contributed by atoms with Crippen molar-refractivity contribution in [2.24, 2.45) is 0 Å². The van der Waals surface area contributed by atoms with Crippen LogP contribution in [0.3, 0.4) is 0 Å². The molecule has 2 aromatic rings. The molecular formula is C22H26N2O4. The van der Waals surface area contributed by atoms with Crippen molar-refractivity contribution in [2.45, 2.75) is 51.7 Å². The molecule has 28 heavy (non-hydrogen) atoms. The molecule has 0 saturated heterocycles. The van der Waals surface area contributed by atoms with Crippen molar-refractivity contribution in [1.82, 2.24) is 10.9 Å². The van der Waals surface area contributed by atoms with Gasteiger partial charge in [-0.25, -0.2) is 0 Å². The highest BCUT2D eigenvalue weighted by Gasteiger charge is 2.29. The molecule has 0 radical (unpaired) electrons. The SMILES string of the molecule is CCC(Oc1ccccc1C(C)C)C(=O)NNC(=O)C1Cc2ccccc2O1. The van der Waals surface area contributed by atoms with Crippen LogP contribution in [-0.4, -0.2) is 24.0 Å². The van der Waals surface area contributed by atoms with Crippen LogP contribution >= 0.6 is 0 Å². The van der Waals surface area contributed by atoms with E-state index in [1.165, 1.54) is 0 Å². The molecule has 6 nitrogen and oxygen atoms in total. The molecule has 0 aromatic heterocycles. The Morgan fingerprint density at radius 1 is 1.11 bits per heavy atom. The number of carbonyl (C=O) groups is 2. The van der Waals surface area contributed by atoms with E-state index in [0.29, 0.717) is 24.3 Å². The first-order valence-corrected chi connectivity index (χ1v) is 9.59. The second-order valence-corrected chi connectivity index (χ2v) is 7.10. The van der Waals surface area contributed by atoms with Crippen molar-refractivity contribution in [3.8, 4) is 11.5 Å². The largest absolute Gasteiger partial charge is 0.480 e. The highest BCUT2D eigenvalue weighted by molar-refractivity contribution is 5.87. The van der Waals surface area contributed by atoms with Crippen molar-refractivity contribution >= 4 is 11.8 Å². The third kappa shape index (κ3) is 4.44. The Morgan fingerprint density at radius 3 is 2.54 bits per heavy atom. The molecule has 2 N–H and O–H groups in total. The summed E-state index contributed by atoms with van der Waals surface area (Å²) in [7, 11) is 0. The molecule has 1 aliphatic rings. The van der Waals surface area contributed by atoms with E-state index in [9.17, 15) is 9.59 Å². The van der Waals surface area contributed by atoms with Gasteiger partial charge in [0.15, 0.2) is 12.2 Å². The predicted octanol–water partition coefficient (Wildman–Crippen LogP) is 3.12. The third-order valence-corrected chi connectivity index (χ3v) is 4.72. The smallest absolute Gasteiger partial charge is 0.279 e. The number of para-hydroxylation sites is 2. The molecule has 2 unspecified atom stereocenters. The fourth-order valence-corrected chi connectivity index (χ4v) is 3.15. The van der Waals surface area contributed by atoms with E-state index < -0.39 is 18.1 Å². The van der Waals surface area contributed by atoms with Crippen LogP contribution in [0, 0.1) is 0 Å². The Hall–Kier alpha value is -3.02. The van der Waals surface area contributed by atoms with E-state index in [1.807, 2.05) is 55.5 Å². The van der Waals surface area contributed by atoms with Crippen LogP contribution in [0.15, 0.2) is 48.5 Å². The first-order valence-electron chi connectivity index (χ1n) is 9.59. The minimum atomic E-state index is -0.707. The quantitative estimate of drug-likeness (QED) is 0.753. The summed E-state index contributed by atoms with van der Waals surface area (Å²) in [4.78, 5) is 24.8. The molecule has 0 spiro atoms. The molecule has 2 amide bonds. The first kappa shape index (κ1) is 19.7. The third-order valence-electron chi connectivity index (χ3n) is 4.72. The minimum Gasteiger partial charge on any atom is -0.480 e. The van der Waals surface area contributed by atoms with Gasteiger partial charge in [0.25, 0.3) is 11.8 Å². The molecule has 0 bridgehead atoms. The van der Waals surface area contributed by atoms with Crippen molar-refractivity contribution in [3.05, 3.63) is 59.7 Å². The van der Waals surface area contributed by atoms with Gasteiger partial charge in [0, 0.05) is 6.42 Å². The second-order valence-electron chi connectivity index (χ2n) is 7.10. The highest BCUT2D eigenvalue weighted by Crippen LogP contribution is 2.28. The molecule has 2 aromatic carbocycles. The van der Waals surface area contributed by atoms with E-state index in [4.69, 9.17) is 9.47 Å². The zero-order valence-electron chi connectivity index (χ0n) is 16.4. The molecule has 0 saturated carbocycles. The summed E-state index contributed by atoms with van der Waals surface area (Å²) < 4.78 is 11.6. The summed E-state index contributed by atoms with van der Waals surface area (Å²) in [6.07, 6.45) is -0.408. The first-order chi connectivity index (χ1) is 13.5. The number of ether oxygens (including phenoxy) is 2. The standard InChI is InChI=1S/C22H26N2O4/c1-4-17(27-19-12-8-6-10-16(19)14(2)3)21(25)23-24-22(26)20-13-15-9-5-7-11-18(15)28-20/h5-12,14,17,20H,4,13H2,1-3H3,(H,23,25)(H,24,26). The number of benzene rings is 2. The molecule has 3 rings (SSSR count). The van der Waals surface area contributed by atoms with Crippen LogP contribution in [0.5, 0.6) is 11.5 Å². The lowest BCUT2D eigenvalue weighted by molar-refractivity contribution is -0.135. The molecule has 148 valence electrons. The zero-order valence-corrected chi connectivity index (χ0v) is 16.4. The summed E-state index contributed by atoms with van der Waals surface area (Å²) in [5.41, 5.74) is 6.93. The van der Waals surface area contributed by atoms with Gasteiger partial charge in [-0.3, -0.25) is 20.4 Å². The van der Waals surface area contributed by atoms with Crippen molar-refractivity contribution in [3.63, 3.8) is 0 Å². The van der Waals surface area contributed by atoms with E-state index in [-0.39, 0.29) is 11.8 Å². The van der Waals surface area contributed by atoms with Gasteiger partial charge in [0.05, 0.1) is 0 Å². The van der Waals surface area contributed by atoms with Gasteiger partial charge in [-0.1, -0.05) is 57.2 Å². The average Bonchev–Trinajstić information content (AvgIpc) is 3.14. The number of carbonyl (C=O) groups excluding carboxylic acids is 2. The number of rotatable bonds is 6. The second kappa shape index (κ2) is 8.78. The van der Waals surface area contributed by atoms with Crippen LogP contribution < -0.4 is 20.3 Å². The predicted molar refractivity (Wildman–Crippen MR) is 106 cm³/mol. The Labute approximate surface area is 165 Å². The molecule has 1 aliphatic heterocycles. The van der Waals surface area contributed by atoms with Crippen LogP contribution in [-0.2, 0) is 16.0 Å². The maximum absolute atomic E-state index is 12.5. The van der Waals surface area contributed by atoms with Gasteiger partial charge in [0.1, 0.15) is 11.5 Å². The van der Waals surface area contributed by atoms with E-state index in [1.54, 1.807) is 0 Å². The van der Waals surface area contributed by atoms with Crippen molar-refractivity contribution in [1.29, 1.82) is 0 Å². The fourth-order valence-electron chi connectivity index (χ4n) is 3.15. The van der Waals surface area contributed by atoms with Crippen LogP contribution in [0.4, 0.5) is 0 Å². The Balaban J connectivity index is 1.56. The Bertz CT molecular complexity index is 825. The highest BCUT2D eigenvalue weighted by atomic mass is 16.5. The van der Waals surface area contributed by atoms with E-state index in [2.05, 4.69) is 24.7 Å². The number of fused-ring (bicyclic) bond motifs is 1. The number of hydrogen-bond donors (Lipinski definition) is 2. The number of hydrazine groups is 1. The molecule has 0 aliphatic carbocycles. The summed E-state index contributed by atoms with van der Waals surface area (Å²) in [6, 6.07) is 15.2. The average molecular weight is 382 g/mol. The van der Waals surface area contributed by atoms with Gasteiger partial charge in [-0.2, -0.15) is 0 Å². The van der Waals surface area contributed by atoms with Gasteiger partial charge in [-0.05, 0) is 35.6 Å². The van der Waals surface area contributed by atoms with Gasteiger partial charge >= 0.3 is 0 Å². The molecule has 1 heterocycles. The topological polar surface area (TPSA) is 76.7 Å². The van der Waals surface area contributed by atoms with Crippen molar-refractivity contribution in [2.75, 3.05) is 0 Å². The molecule has 6 heteroatoms. The van der Waals surface area contributed by atoms with Crippen LogP contribution in [0.25, 0.3) is 0 Å². The van der Waals surface area contributed by atoms with E-state index in [0.717, 1.165) is 11.1 Å². The minimum absolute atomic E-state index is 0.276. The lowest BCUT2D eigenvalue weighted by atomic mass is 10.0. The van der Waals surface area contributed by atoms with Crippen LogP contribution in [0.2, 0.25) is 0 Å². The maximum Gasteiger partial charge on any atom is 0.279 e. The van der Waals surface area contributed by atoms with Crippen LogP contribution in [0.1, 0.15) is 44.2 Å². The Kier molecular flexibility index (Phi) is 6.19. The molecule has 0 fully saturated rings. The molecule has 2 atom stereocenters. The number of nitrogens with one attached hydrogen (secondary N) is 2.